The van der Waals surface area contributed by atoms with Crippen molar-refractivity contribution in [2.75, 3.05) is 0 Å². The number of benzene rings is 2. The smallest absolute Gasteiger partial charge is 0.166 e. The molecule has 0 aliphatic rings. The normalized spacial score (nSPS) is 11.8. The summed E-state index contributed by atoms with van der Waals surface area (Å²) in [6, 6.07) is 17.9. The van der Waals surface area contributed by atoms with Gasteiger partial charge in [-0.15, -0.1) is 0 Å². The van der Waals surface area contributed by atoms with Gasteiger partial charge in [0.1, 0.15) is 0 Å². The Kier molecular flexibility index (Phi) is 4.24. The Morgan fingerprint density at radius 3 is 1.84 bits per heavy atom. The maximum atomic E-state index is 12.1. The molecule has 0 saturated heterocycles. The average molecular weight is 251 g/mol. The number of carbonyl (C=O) groups excluding carboxylic acids is 2. The standard InChI is InChI=1S/C17H15O2/c1-13(17(19)15-10-6-3-7-11-15)12-16(18)14-8-4-2-5-9-14/h2-11,13H,1,12H2. The third-order valence-corrected chi connectivity index (χ3v) is 2.96. The van der Waals surface area contributed by atoms with E-state index >= 15 is 0 Å². The van der Waals surface area contributed by atoms with Gasteiger partial charge in [0.15, 0.2) is 11.6 Å². The Morgan fingerprint density at radius 2 is 1.32 bits per heavy atom. The SMILES string of the molecule is [CH2]C(CC(=O)c1ccccc1)C(=O)c1ccccc1. The fraction of sp³-hybridized carbons (Fsp3) is 0.118. The van der Waals surface area contributed by atoms with E-state index in [2.05, 4.69) is 6.92 Å². The summed E-state index contributed by atoms with van der Waals surface area (Å²) in [5, 5.41) is 0. The molecule has 2 aromatic carbocycles. The first-order valence-corrected chi connectivity index (χ1v) is 6.19. The predicted molar refractivity (Wildman–Crippen MR) is 75.0 cm³/mol. The molecule has 0 aromatic heterocycles. The lowest BCUT2D eigenvalue weighted by atomic mass is 9.92. The van der Waals surface area contributed by atoms with E-state index in [4.69, 9.17) is 0 Å². The van der Waals surface area contributed by atoms with Crippen LogP contribution in [-0.2, 0) is 0 Å². The van der Waals surface area contributed by atoms with Crippen LogP contribution in [-0.4, -0.2) is 11.6 Å². The maximum Gasteiger partial charge on any atom is 0.166 e. The molecule has 2 aromatic rings. The van der Waals surface area contributed by atoms with Crippen molar-refractivity contribution in [3.63, 3.8) is 0 Å². The lowest BCUT2D eigenvalue weighted by molar-refractivity contribution is 0.0877. The molecule has 1 radical (unpaired) electrons. The quantitative estimate of drug-likeness (QED) is 0.761. The number of hydrogen-bond acceptors (Lipinski definition) is 2. The first-order valence-electron chi connectivity index (χ1n) is 6.19. The molecule has 1 unspecified atom stereocenters. The van der Waals surface area contributed by atoms with Crippen LogP contribution >= 0.6 is 0 Å². The molecule has 0 fully saturated rings. The Hall–Kier alpha value is -2.22. The van der Waals surface area contributed by atoms with Crippen molar-refractivity contribution >= 4 is 11.6 Å². The van der Waals surface area contributed by atoms with E-state index in [1.807, 2.05) is 24.3 Å². The molecule has 0 aliphatic carbocycles. The Balaban J connectivity index is 2.04. The maximum absolute atomic E-state index is 12.1. The molecule has 0 aliphatic heterocycles. The van der Waals surface area contributed by atoms with Crippen LogP contribution in [0.2, 0.25) is 0 Å². The molecular formula is C17H15O2. The topological polar surface area (TPSA) is 34.1 Å². The number of Topliss-reactive ketones (excluding diaryl/α,β-unsaturated/α-hetero) is 2. The second-order valence-corrected chi connectivity index (χ2v) is 4.42. The highest BCUT2D eigenvalue weighted by atomic mass is 16.1. The lowest BCUT2D eigenvalue weighted by Gasteiger charge is -2.09. The summed E-state index contributed by atoms with van der Waals surface area (Å²) in [5.41, 5.74) is 1.22. The molecule has 95 valence electrons. The van der Waals surface area contributed by atoms with Crippen molar-refractivity contribution in [3.8, 4) is 0 Å². The molecule has 0 heterocycles. The lowest BCUT2D eigenvalue weighted by Crippen LogP contribution is -2.16. The molecular weight excluding hydrogens is 236 g/mol. The number of ketones is 2. The fourth-order valence-corrected chi connectivity index (χ4v) is 1.90. The molecule has 19 heavy (non-hydrogen) atoms. The Bertz CT molecular complexity index is 558. The first-order chi connectivity index (χ1) is 9.18. The van der Waals surface area contributed by atoms with E-state index in [1.165, 1.54) is 0 Å². The van der Waals surface area contributed by atoms with E-state index < -0.39 is 5.92 Å². The number of rotatable bonds is 5. The minimum Gasteiger partial charge on any atom is -0.294 e. The highest BCUT2D eigenvalue weighted by Crippen LogP contribution is 2.15. The van der Waals surface area contributed by atoms with Crippen LogP contribution in [0.15, 0.2) is 60.7 Å². The van der Waals surface area contributed by atoms with E-state index in [0.29, 0.717) is 11.1 Å². The second-order valence-electron chi connectivity index (χ2n) is 4.42. The van der Waals surface area contributed by atoms with Crippen LogP contribution in [0.25, 0.3) is 0 Å². The van der Waals surface area contributed by atoms with Crippen LogP contribution in [0.4, 0.5) is 0 Å². The molecule has 0 N–H and O–H groups in total. The van der Waals surface area contributed by atoms with Crippen molar-refractivity contribution in [1.29, 1.82) is 0 Å². The Morgan fingerprint density at radius 1 is 0.842 bits per heavy atom. The summed E-state index contributed by atoms with van der Waals surface area (Å²) in [6.45, 7) is 3.81. The zero-order valence-corrected chi connectivity index (χ0v) is 10.6. The van der Waals surface area contributed by atoms with Gasteiger partial charge in [0.2, 0.25) is 0 Å². The fourth-order valence-electron chi connectivity index (χ4n) is 1.90. The molecule has 0 bridgehead atoms. The first kappa shape index (κ1) is 13.2. The zero-order chi connectivity index (χ0) is 13.7. The summed E-state index contributed by atoms with van der Waals surface area (Å²) in [4.78, 5) is 24.1. The summed E-state index contributed by atoms with van der Waals surface area (Å²) in [5.74, 6) is -0.690. The van der Waals surface area contributed by atoms with Gasteiger partial charge >= 0.3 is 0 Å². The van der Waals surface area contributed by atoms with E-state index in [0.717, 1.165) is 0 Å². The molecule has 1 atom stereocenters. The van der Waals surface area contributed by atoms with Crippen LogP contribution in [0, 0.1) is 12.8 Å². The van der Waals surface area contributed by atoms with Gasteiger partial charge < -0.3 is 0 Å². The van der Waals surface area contributed by atoms with Gasteiger partial charge in [-0.2, -0.15) is 0 Å². The van der Waals surface area contributed by atoms with Crippen LogP contribution in [0.5, 0.6) is 0 Å². The van der Waals surface area contributed by atoms with Crippen LogP contribution in [0.3, 0.4) is 0 Å². The zero-order valence-electron chi connectivity index (χ0n) is 10.6. The van der Waals surface area contributed by atoms with Gasteiger partial charge in [0.25, 0.3) is 0 Å². The number of carbonyl (C=O) groups is 2. The van der Waals surface area contributed by atoms with Gasteiger partial charge in [-0.05, 0) is 6.92 Å². The van der Waals surface area contributed by atoms with Gasteiger partial charge in [0, 0.05) is 23.5 Å². The minimum atomic E-state index is -0.546. The minimum absolute atomic E-state index is 0.0510. The van der Waals surface area contributed by atoms with Gasteiger partial charge in [-0.25, -0.2) is 0 Å². The summed E-state index contributed by atoms with van der Waals surface area (Å²) >= 11 is 0. The van der Waals surface area contributed by atoms with Gasteiger partial charge in [-0.3, -0.25) is 9.59 Å². The molecule has 0 amide bonds. The third kappa shape index (κ3) is 3.38. The van der Waals surface area contributed by atoms with E-state index in [9.17, 15) is 9.59 Å². The molecule has 2 heteroatoms. The number of hydrogen-bond donors (Lipinski definition) is 0. The van der Waals surface area contributed by atoms with Crippen molar-refractivity contribution in [2.45, 2.75) is 6.42 Å². The van der Waals surface area contributed by atoms with Crippen molar-refractivity contribution in [3.05, 3.63) is 78.7 Å². The molecule has 0 saturated carbocycles. The van der Waals surface area contributed by atoms with Gasteiger partial charge in [0.05, 0.1) is 0 Å². The monoisotopic (exact) mass is 251 g/mol. The van der Waals surface area contributed by atoms with Crippen molar-refractivity contribution < 1.29 is 9.59 Å². The molecule has 2 nitrogen and oxygen atoms in total. The highest BCUT2D eigenvalue weighted by Gasteiger charge is 2.19. The summed E-state index contributed by atoms with van der Waals surface area (Å²) in [6.07, 6.45) is 0.137. The average Bonchev–Trinajstić information content (AvgIpc) is 2.48. The third-order valence-electron chi connectivity index (χ3n) is 2.96. The molecule has 0 spiro atoms. The Labute approximate surface area is 113 Å². The second kappa shape index (κ2) is 6.10. The van der Waals surface area contributed by atoms with Crippen LogP contribution < -0.4 is 0 Å². The van der Waals surface area contributed by atoms with E-state index in [-0.39, 0.29) is 18.0 Å². The van der Waals surface area contributed by atoms with E-state index in [1.54, 1.807) is 36.4 Å². The highest BCUT2D eigenvalue weighted by molar-refractivity contribution is 6.03. The van der Waals surface area contributed by atoms with Crippen molar-refractivity contribution in [2.24, 2.45) is 5.92 Å². The van der Waals surface area contributed by atoms with Crippen molar-refractivity contribution in [1.82, 2.24) is 0 Å². The summed E-state index contributed by atoms with van der Waals surface area (Å²) in [7, 11) is 0. The molecule has 2 rings (SSSR count). The largest absolute Gasteiger partial charge is 0.294 e. The predicted octanol–water partition coefficient (Wildman–Crippen LogP) is 3.59. The summed E-state index contributed by atoms with van der Waals surface area (Å²) < 4.78 is 0. The van der Waals surface area contributed by atoms with Crippen LogP contribution in [0.1, 0.15) is 27.1 Å². The van der Waals surface area contributed by atoms with Gasteiger partial charge in [-0.1, -0.05) is 60.7 Å².